The third-order valence-electron chi connectivity index (χ3n) is 4.59. The summed E-state index contributed by atoms with van der Waals surface area (Å²) in [6.45, 7) is 2.12. The van der Waals surface area contributed by atoms with Gasteiger partial charge in [-0.05, 0) is 68.6 Å². The van der Waals surface area contributed by atoms with Gasteiger partial charge in [0.25, 0.3) is 0 Å². The number of hydrogen-bond acceptors (Lipinski definition) is 3. The molecule has 1 aromatic rings. The number of nitrogens with two attached hydrogens (primary N) is 1. The molecular formula is C15H24N2S. The molecule has 3 heteroatoms. The number of thiophene rings is 1. The van der Waals surface area contributed by atoms with Gasteiger partial charge in [-0.15, -0.1) is 11.3 Å². The van der Waals surface area contributed by atoms with E-state index in [9.17, 15) is 0 Å². The SMILES string of the molecule is NCCC1CCCCN1C1CCCc2sccc21. The molecule has 0 spiro atoms. The maximum atomic E-state index is 5.80. The van der Waals surface area contributed by atoms with Crippen LogP contribution in [0.15, 0.2) is 11.4 Å². The van der Waals surface area contributed by atoms with Crippen LogP contribution in [-0.2, 0) is 6.42 Å². The molecule has 1 aromatic heterocycles. The summed E-state index contributed by atoms with van der Waals surface area (Å²) < 4.78 is 0. The Bertz CT molecular complexity index is 386. The van der Waals surface area contributed by atoms with E-state index in [2.05, 4.69) is 16.3 Å². The summed E-state index contributed by atoms with van der Waals surface area (Å²) in [5.74, 6) is 0. The number of aryl methyl sites for hydroxylation is 1. The highest BCUT2D eigenvalue weighted by Gasteiger charge is 2.32. The van der Waals surface area contributed by atoms with Crippen molar-refractivity contribution in [1.29, 1.82) is 0 Å². The number of rotatable bonds is 3. The van der Waals surface area contributed by atoms with Gasteiger partial charge in [0.1, 0.15) is 0 Å². The average molecular weight is 264 g/mol. The van der Waals surface area contributed by atoms with Crippen LogP contribution in [0.3, 0.4) is 0 Å². The highest BCUT2D eigenvalue weighted by atomic mass is 32.1. The van der Waals surface area contributed by atoms with Crippen molar-refractivity contribution >= 4 is 11.3 Å². The van der Waals surface area contributed by atoms with Gasteiger partial charge in [0.2, 0.25) is 0 Å². The lowest BCUT2D eigenvalue weighted by atomic mass is 9.88. The quantitative estimate of drug-likeness (QED) is 0.907. The van der Waals surface area contributed by atoms with Crippen LogP contribution >= 0.6 is 11.3 Å². The lowest BCUT2D eigenvalue weighted by Crippen LogP contribution is -2.43. The van der Waals surface area contributed by atoms with Crippen molar-refractivity contribution in [2.75, 3.05) is 13.1 Å². The number of nitrogens with zero attached hydrogens (tertiary/aromatic N) is 1. The maximum Gasteiger partial charge on any atom is 0.0362 e. The molecule has 0 amide bonds. The van der Waals surface area contributed by atoms with Gasteiger partial charge in [0.15, 0.2) is 0 Å². The molecule has 1 aliphatic carbocycles. The average Bonchev–Trinajstić information content (AvgIpc) is 2.88. The molecule has 2 unspecified atom stereocenters. The van der Waals surface area contributed by atoms with Crippen LogP contribution in [0.2, 0.25) is 0 Å². The van der Waals surface area contributed by atoms with Gasteiger partial charge < -0.3 is 5.73 Å². The molecule has 0 saturated carbocycles. The number of fused-ring (bicyclic) bond motifs is 1. The Morgan fingerprint density at radius 2 is 2.22 bits per heavy atom. The summed E-state index contributed by atoms with van der Waals surface area (Å²) in [6, 6.07) is 3.80. The topological polar surface area (TPSA) is 29.3 Å². The van der Waals surface area contributed by atoms with E-state index >= 15 is 0 Å². The van der Waals surface area contributed by atoms with E-state index in [1.165, 1.54) is 51.5 Å². The van der Waals surface area contributed by atoms with Gasteiger partial charge in [-0.2, -0.15) is 0 Å². The normalized spacial score (nSPS) is 29.2. The second-order valence-corrected chi connectivity index (χ2v) is 6.67. The lowest BCUT2D eigenvalue weighted by molar-refractivity contribution is 0.0804. The summed E-state index contributed by atoms with van der Waals surface area (Å²) in [7, 11) is 0. The molecule has 1 saturated heterocycles. The molecule has 2 heterocycles. The maximum absolute atomic E-state index is 5.80. The second kappa shape index (κ2) is 5.72. The van der Waals surface area contributed by atoms with E-state index in [0.29, 0.717) is 6.04 Å². The largest absolute Gasteiger partial charge is 0.330 e. The molecule has 3 rings (SSSR count). The van der Waals surface area contributed by atoms with Crippen LogP contribution in [-0.4, -0.2) is 24.0 Å². The summed E-state index contributed by atoms with van der Waals surface area (Å²) >= 11 is 1.96. The van der Waals surface area contributed by atoms with Gasteiger partial charge >= 0.3 is 0 Å². The van der Waals surface area contributed by atoms with E-state index < -0.39 is 0 Å². The Hall–Kier alpha value is -0.380. The predicted octanol–water partition coefficient (Wildman–Crippen LogP) is 3.33. The van der Waals surface area contributed by atoms with E-state index in [4.69, 9.17) is 5.73 Å². The molecule has 2 aliphatic rings. The summed E-state index contributed by atoms with van der Waals surface area (Å²) in [5.41, 5.74) is 7.44. The highest BCUT2D eigenvalue weighted by Crippen LogP contribution is 2.40. The van der Waals surface area contributed by atoms with Crippen molar-refractivity contribution in [3.63, 3.8) is 0 Å². The van der Waals surface area contributed by atoms with E-state index in [1.807, 2.05) is 11.3 Å². The van der Waals surface area contributed by atoms with Gasteiger partial charge in [-0.25, -0.2) is 0 Å². The minimum Gasteiger partial charge on any atom is -0.330 e. The van der Waals surface area contributed by atoms with Gasteiger partial charge in [0.05, 0.1) is 0 Å². The Morgan fingerprint density at radius 1 is 1.28 bits per heavy atom. The molecule has 2 N–H and O–H groups in total. The molecule has 1 fully saturated rings. The molecule has 0 aromatic carbocycles. The van der Waals surface area contributed by atoms with Gasteiger partial charge in [-0.1, -0.05) is 6.42 Å². The molecule has 2 nitrogen and oxygen atoms in total. The van der Waals surface area contributed by atoms with Crippen LogP contribution in [0.25, 0.3) is 0 Å². The Morgan fingerprint density at radius 3 is 3.11 bits per heavy atom. The summed E-state index contributed by atoms with van der Waals surface area (Å²) in [5, 5.41) is 2.28. The third kappa shape index (κ3) is 2.36. The fourth-order valence-electron chi connectivity index (χ4n) is 3.74. The molecular weight excluding hydrogens is 240 g/mol. The first-order chi connectivity index (χ1) is 8.90. The first-order valence-corrected chi connectivity index (χ1v) is 8.30. The molecule has 0 radical (unpaired) electrons. The first kappa shape index (κ1) is 12.6. The zero-order valence-corrected chi connectivity index (χ0v) is 11.9. The van der Waals surface area contributed by atoms with Gasteiger partial charge in [0, 0.05) is 17.0 Å². The lowest BCUT2D eigenvalue weighted by Gasteiger charge is -2.43. The molecule has 100 valence electrons. The van der Waals surface area contributed by atoms with Crippen molar-refractivity contribution in [3.8, 4) is 0 Å². The Kier molecular flexibility index (Phi) is 4.02. The van der Waals surface area contributed by atoms with Crippen molar-refractivity contribution < 1.29 is 0 Å². The van der Waals surface area contributed by atoms with Crippen LogP contribution in [0.1, 0.15) is 55.0 Å². The molecule has 2 atom stereocenters. The standard InChI is InChI=1S/C15H24N2S/c16-9-7-12-4-1-2-10-17(12)14-5-3-6-15-13(14)8-11-18-15/h8,11-12,14H,1-7,9-10,16H2. The third-order valence-corrected chi connectivity index (χ3v) is 5.59. The van der Waals surface area contributed by atoms with Crippen LogP contribution in [0.4, 0.5) is 0 Å². The van der Waals surface area contributed by atoms with Crippen molar-refractivity contribution in [2.24, 2.45) is 5.73 Å². The van der Waals surface area contributed by atoms with Crippen LogP contribution < -0.4 is 5.73 Å². The first-order valence-electron chi connectivity index (χ1n) is 7.42. The fourth-order valence-corrected chi connectivity index (χ4v) is 4.72. The fraction of sp³-hybridized carbons (Fsp3) is 0.733. The van der Waals surface area contributed by atoms with E-state index in [1.54, 1.807) is 10.4 Å². The summed E-state index contributed by atoms with van der Waals surface area (Å²) in [6.07, 6.45) is 9.32. The number of piperidine rings is 1. The molecule has 1 aliphatic heterocycles. The van der Waals surface area contributed by atoms with Gasteiger partial charge in [-0.3, -0.25) is 4.90 Å². The van der Waals surface area contributed by atoms with E-state index in [-0.39, 0.29) is 0 Å². The zero-order chi connectivity index (χ0) is 12.4. The zero-order valence-electron chi connectivity index (χ0n) is 11.1. The minimum atomic E-state index is 0.692. The minimum absolute atomic E-state index is 0.692. The highest BCUT2D eigenvalue weighted by molar-refractivity contribution is 7.10. The number of likely N-dealkylation sites (tertiary alicyclic amines) is 1. The van der Waals surface area contributed by atoms with Crippen LogP contribution in [0, 0.1) is 0 Å². The van der Waals surface area contributed by atoms with Crippen LogP contribution in [0.5, 0.6) is 0 Å². The van der Waals surface area contributed by atoms with Crippen molar-refractivity contribution in [3.05, 3.63) is 21.9 Å². The smallest absolute Gasteiger partial charge is 0.0362 e. The number of hydrogen-bond donors (Lipinski definition) is 1. The van der Waals surface area contributed by atoms with Crippen molar-refractivity contribution in [1.82, 2.24) is 4.90 Å². The Labute approximate surface area is 114 Å². The van der Waals surface area contributed by atoms with E-state index in [0.717, 1.165) is 12.6 Å². The van der Waals surface area contributed by atoms with Crippen molar-refractivity contribution in [2.45, 2.75) is 57.0 Å². The Balaban J connectivity index is 1.81. The monoisotopic (exact) mass is 264 g/mol. The predicted molar refractivity (Wildman–Crippen MR) is 78.0 cm³/mol. The summed E-state index contributed by atoms with van der Waals surface area (Å²) in [4.78, 5) is 4.42. The molecule has 18 heavy (non-hydrogen) atoms. The molecule has 0 bridgehead atoms. The second-order valence-electron chi connectivity index (χ2n) is 5.67.